The molecule has 0 N–H and O–H groups in total. The summed E-state index contributed by atoms with van der Waals surface area (Å²) in [7, 11) is 0. The van der Waals surface area contributed by atoms with Crippen molar-refractivity contribution in [2.75, 3.05) is 0 Å². The fourth-order valence-corrected chi connectivity index (χ4v) is 1.60. The lowest BCUT2D eigenvalue weighted by atomic mass is 9.96. The predicted molar refractivity (Wildman–Crippen MR) is 55.2 cm³/mol. The molecule has 0 bridgehead atoms. The zero-order chi connectivity index (χ0) is 9.84. The van der Waals surface area contributed by atoms with Gasteiger partial charge in [-0.1, -0.05) is 30.7 Å². The number of alkyl halides is 1. The van der Waals surface area contributed by atoms with E-state index in [9.17, 15) is 4.79 Å². The predicted octanol–water partition coefficient (Wildman–Crippen LogP) is 3.04. The minimum absolute atomic E-state index is 0.0608. The van der Waals surface area contributed by atoms with Crippen LogP contribution in [0.4, 0.5) is 0 Å². The number of benzene rings is 1. The van der Waals surface area contributed by atoms with Gasteiger partial charge in [0.25, 0.3) is 0 Å². The van der Waals surface area contributed by atoms with E-state index in [1.165, 1.54) is 5.56 Å². The van der Waals surface area contributed by atoms with Crippen molar-refractivity contribution in [3.63, 3.8) is 0 Å². The summed E-state index contributed by atoms with van der Waals surface area (Å²) in [5, 5.41) is 0. The Balaban J connectivity index is 3.12. The van der Waals surface area contributed by atoms with Crippen molar-refractivity contribution in [3.05, 3.63) is 34.9 Å². The van der Waals surface area contributed by atoms with Crippen molar-refractivity contribution in [2.45, 2.75) is 25.6 Å². The summed E-state index contributed by atoms with van der Waals surface area (Å²) < 4.78 is 0. The smallest absolute Gasteiger partial charge is 0.127 e. The third kappa shape index (κ3) is 2.31. The van der Waals surface area contributed by atoms with Gasteiger partial charge in [0.1, 0.15) is 6.29 Å². The monoisotopic (exact) mass is 196 g/mol. The van der Waals surface area contributed by atoms with Crippen molar-refractivity contribution in [1.29, 1.82) is 0 Å². The summed E-state index contributed by atoms with van der Waals surface area (Å²) in [6.07, 6.45) is 0.945. The van der Waals surface area contributed by atoms with E-state index in [0.717, 1.165) is 17.4 Å². The molecule has 1 aromatic rings. The molecule has 0 spiro atoms. The molecule has 0 aliphatic carbocycles. The molecule has 0 aliphatic heterocycles. The average Bonchev–Trinajstić information content (AvgIpc) is 2.16. The minimum Gasteiger partial charge on any atom is -0.303 e. The van der Waals surface area contributed by atoms with Crippen molar-refractivity contribution in [3.8, 4) is 0 Å². The van der Waals surface area contributed by atoms with Crippen LogP contribution in [0, 0.1) is 6.92 Å². The maximum atomic E-state index is 10.6. The second kappa shape index (κ2) is 4.43. The van der Waals surface area contributed by atoms with Crippen LogP contribution < -0.4 is 0 Å². The maximum absolute atomic E-state index is 10.6. The zero-order valence-corrected chi connectivity index (χ0v) is 8.64. The van der Waals surface area contributed by atoms with E-state index in [4.69, 9.17) is 11.6 Å². The van der Waals surface area contributed by atoms with Crippen molar-refractivity contribution >= 4 is 17.9 Å². The Morgan fingerprint density at radius 1 is 1.54 bits per heavy atom. The standard InChI is InChI=1S/C11H13ClO/c1-8-3-4-11(9(2)7-13)10(5-8)6-12/h3-5,7,9H,6H2,1-2H3. The topological polar surface area (TPSA) is 17.1 Å². The molecular weight excluding hydrogens is 184 g/mol. The molecule has 0 radical (unpaired) electrons. The highest BCUT2D eigenvalue weighted by molar-refractivity contribution is 6.17. The Morgan fingerprint density at radius 2 is 2.23 bits per heavy atom. The van der Waals surface area contributed by atoms with Crippen LogP contribution in [0.1, 0.15) is 29.5 Å². The number of hydrogen-bond acceptors (Lipinski definition) is 1. The molecule has 0 amide bonds. The van der Waals surface area contributed by atoms with Crippen LogP contribution in [0.2, 0.25) is 0 Å². The van der Waals surface area contributed by atoms with Gasteiger partial charge in [-0.05, 0) is 18.1 Å². The van der Waals surface area contributed by atoms with Crippen LogP contribution >= 0.6 is 11.6 Å². The molecule has 70 valence electrons. The van der Waals surface area contributed by atoms with E-state index in [0.29, 0.717) is 5.88 Å². The van der Waals surface area contributed by atoms with Crippen LogP contribution in [0.15, 0.2) is 18.2 Å². The van der Waals surface area contributed by atoms with Gasteiger partial charge < -0.3 is 4.79 Å². The first-order valence-electron chi connectivity index (χ1n) is 4.29. The molecule has 1 atom stereocenters. The Bertz CT molecular complexity index is 307. The first kappa shape index (κ1) is 10.3. The second-order valence-corrected chi connectivity index (χ2v) is 3.53. The highest BCUT2D eigenvalue weighted by Crippen LogP contribution is 2.21. The number of hydrogen-bond donors (Lipinski definition) is 0. The molecule has 13 heavy (non-hydrogen) atoms. The Morgan fingerprint density at radius 3 is 2.77 bits per heavy atom. The molecule has 0 aliphatic rings. The third-order valence-electron chi connectivity index (χ3n) is 2.14. The number of carbonyl (C=O) groups is 1. The summed E-state index contributed by atoms with van der Waals surface area (Å²) in [5.74, 6) is 0.407. The van der Waals surface area contributed by atoms with E-state index in [-0.39, 0.29) is 5.92 Å². The fourth-order valence-electron chi connectivity index (χ4n) is 1.37. The van der Waals surface area contributed by atoms with Gasteiger partial charge in [0.05, 0.1) is 0 Å². The molecule has 1 unspecified atom stereocenters. The van der Waals surface area contributed by atoms with Crippen LogP contribution in [0.3, 0.4) is 0 Å². The van der Waals surface area contributed by atoms with Gasteiger partial charge in [-0.25, -0.2) is 0 Å². The van der Waals surface area contributed by atoms with Crippen LogP contribution in [-0.4, -0.2) is 6.29 Å². The van der Waals surface area contributed by atoms with Gasteiger partial charge in [0, 0.05) is 11.8 Å². The summed E-state index contributed by atoms with van der Waals surface area (Å²) in [6, 6.07) is 6.01. The first-order valence-corrected chi connectivity index (χ1v) is 4.83. The SMILES string of the molecule is Cc1ccc(C(C)C=O)c(CCl)c1. The molecular formula is C11H13ClO. The molecule has 1 aromatic carbocycles. The molecule has 2 heteroatoms. The third-order valence-corrected chi connectivity index (χ3v) is 2.43. The van der Waals surface area contributed by atoms with E-state index < -0.39 is 0 Å². The highest BCUT2D eigenvalue weighted by atomic mass is 35.5. The Labute approximate surface area is 83.7 Å². The Kier molecular flexibility index (Phi) is 3.49. The molecule has 1 rings (SSSR count). The van der Waals surface area contributed by atoms with Crippen LogP contribution in [0.5, 0.6) is 0 Å². The fraction of sp³-hybridized carbons (Fsp3) is 0.364. The summed E-state index contributed by atoms with van der Waals surface area (Å²) in [6.45, 7) is 3.90. The summed E-state index contributed by atoms with van der Waals surface area (Å²) in [4.78, 5) is 10.6. The number of rotatable bonds is 3. The summed E-state index contributed by atoms with van der Waals surface area (Å²) in [5.41, 5.74) is 3.27. The average molecular weight is 197 g/mol. The van der Waals surface area contributed by atoms with E-state index >= 15 is 0 Å². The largest absolute Gasteiger partial charge is 0.303 e. The number of aldehydes is 1. The summed E-state index contributed by atoms with van der Waals surface area (Å²) >= 11 is 5.79. The second-order valence-electron chi connectivity index (χ2n) is 3.26. The number of aryl methyl sites for hydroxylation is 1. The van der Waals surface area contributed by atoms with Gasteiger partial charge in [-0.15, -0.1) is 11.6 Å². The van der Waals surface area contributed by atoms with Gasteiger partial charge >= 0.3 is 0 Å². The van der Waals surface area contributed by atoms with E-state index in [2.05, 4.69) is 0 Å². The number of carbonyl (C=O) groups excluding carboxylic acids is 1. The van der Waals surface area contributed by atoms with Crippen LogP contribution in [-0.2, 0) is 10.7 Å². The van der Waals surface area contributed by atoms with Gasteiger partial charge in [-0.3, -0.25) is 0 Å². The van der Waals surface area contributed by atoms with Crippen LogP contribution in [0.25, 0.3) is 0 Å². The van der Waals surface area contributed by atoms with Gasteiger partial charge in [0.15, 0.2) is 0 Å². The number of halogens is 1. The van der Waals surface area contributed by atoms with E-state index in [1.807, 2.05) is 32.0 Å². The molecule has 0 fully saturated rings. The normalized spacial score (nSPS) is 12.5. The molecule has 0 saturated carbocycles. The van der Waals surface area contributed by atoms with E-state index in [1.54, 1.807) is 0 Å². The van der Waals surface area contributed by atoms with Crippen molar-refractivity contribution < 1.29 is 4.79 Å². The quantitative estimate of drug-likeness (QED) is 0.537. The maximum Gasteiger partial charge on any atom is 0.127 e. The van der Waals surface area contributed by atoms with Gasteiger partial charge in [0.2, 0.25) is 0 Å². The minimum atomic E-state index is -0.0608. The molecule has 0 aromatic heterocycles. The van der Waals surface area contributed by atoms with Crippen molar-refractivity contribution in [1.82, 2.24) is 0 Å². The highest BCUT2D eigenvalue weighted by Gasteiger charge is 2.08. The lowest BCUT2D eigenvalue weighted by Gasteiger charge is -2.10. The molecule has 1 nitrogen and oxygen atoms in total. The Hall–Kier alpha value is -0.820. The zero-order valence-electron chi connectivity index (χ0n) is 7.88. The van der Waals surface area contributed by atoms with Crippen molar-refractivity contribution in [2.24, 2.45) is 0 Å². The lowest BCUT2D eigenvalue weighted by Crippen LogP contribution is -1.99. The molecule has 0 saturated heterocycles. The van der Waals surface area contributed by atoms with Gasteiger partial charge in [-0.2, -0.15) is 0 Å². The lowest BCUT2D eigenvalue weighted by molar-refractivity contribution is -0.108. The first-order chi connectivity index (χ1) is 6.19. The molecule has 0 heterocycles.